The molecule has 4 nitrogen and oxygen atoms in total. The minimum atomic E-state index is 0.705. The van der Waals surface area contributed by atoms with Crippen LogP contribution in [0.25, 0.3) is 10.9 Å². The molecule has 22 heavy (non-hydrogen) atoms. The molecular formula is C18H22N3O+. The quantitative estimate of drug-likeness (QED) is 0.678. The Morgan fingerprint density at radius 1 is 1.05 bits per heavy atom. The molecule has 0 saturated carbocycles. The third kappa shape index (κ3) is 3.28. The third-order valence-corrected chi connectivity index (χ3v) is 3.68. The molecule has 3 rings (SSSR count). The summed E-state index contributed by atoms with van der Waals surface area (Å²) in [6, 6.07) is 18.6. The Hall–Kier alpha value is -2.33. The number of quaternary nitrogens is 1. The second-order valence-electron chi connectivity index (χ2n) is 5.36. The van der Waals surface area contributed by atoms with E-state index in [9.17, 15) is 0 Å². The van der Waals surface area contributed by atoms with Gasteiger partial charge in [-0.2, -0.15) is 0 Å². The predicted molar refractivity (Wildman–Crippen MR) is 88.1 cm³/mol. The van der Waals surface area contributed by atoms with Gasteiger partial charge in [0.15, 0.2) is 0 Å². The van der Waals surface area contributed by atoms with Gasteiger partial charge in [-0.15, -0.1) is 5.10 Å². The summed E-state index contributed by atoms with van der Waals surface area (Å²) in [5, 5.41) is 7.91. The highest BCUT2D eigenvalue weighted by atomic mass is 16.5. The average Bonchev–Trinajstić information content (AvgIpc) is 2.91. The van der Waals surface area contributed by atoms with Gasteiger partial charge in [-0.05, 0) is 17.7 Å². The summed E-state index contributed by atoms with van der Waals surface area (Å²) in [7, 11) is 2.07. The zero-order valence-electron chi connectivity index (χ0n) is 12.9. The summed E-state index contributed by atoms with van der Waals surface area (Å²) in [5.41, 5.74) is 2.35. The fraction of sp³-hybridized carbons (Fsp3) is 0.278. The Morgan fingerprint density at radius 2 is 1.82 bits per heavy atom. The van der Waals surface area contributed by atoms with Gasteiger partial charge in [-0.1, -0.05) is 42.5 Å². The zero-order chi connectivity index (χ0) is 15.2. The fourth-order valence-electron chi connectivity index (χ4n) is 2.54. The molecule has 0 atom stereocenters. The van der Waals surface area contributed by atoms with E-state index in [2.05, 4.69) is 53.9 Å². The largest absolute Gasteiger partial charge is 0.476 e. The van der Waals surface area contributed by atoms with Gasteiger partial charge in [0, 0.05) is 6.42 Å². The van der Waals surface area contributed by atoms with E-state index in [1.807, 2.05) is 22.9 Å². The van der Waals surface area contributed by atoms with E-state index < -0.39 is 0 Å². The summed E-state index contributed by atoms with van der Waals surface area (Å²) in [6.45, 7) is 2.53. The van der Waals surface area contributed by atoms with Crippen molar-refractivity contribution in [1.29, 1.82) is 0 Å². The number of nitrogens with two attached hydrogens (primary N) is 1. The highest BCUT2D eigenvalue weighted by molar-refractivity contribution is 5.84. The number of fused-ring (bicyclic) bond motifs is 1. The molecule has 0 amide bonds. The van der Waals surface area contributed by atoms with Gasteiger partial charge in [-0.25, -0.2) is 0 Å². The van der Waals surface area contributed by atoms with Crippen molar-refractivity contribution in [2.45, 2.75) is 13.0 Å². The van der Waals surface area contributed by atoms with Gasteiger partial charge in [0.2, 0.25) is 5.88 Å². The van der Waals surface area contributed by atoms with Crippen molar-refractivity contribution in [2.75, 3.05) is 20.2 Å². The van der Waals surface area contributed by atoms with E-state index in [0.717, 1.165) is 36.3 Å². The summed E-state index contributed by atoms with van der Waals surface area (Å²) < 4.78 is 7.91. The Labute approximate surface area is 130 Å². The maximum atomic E-state index is 5.89. The third-order valence-electron chi connectivity index (χ3n) is 3.68. The maximum Gasteiger partial charge on any atom is 0.240 e. The molecule has 0 radical (unpaired) electrons. The highest BCUT2D eigenvalue weighted by Gasteiger charge is 2.11. The van der Waals surface area contributed by atoms with Crippen LogP contribution in [-0.4, -0.2) is 30.0 Å². The molecule has 2 N–H and O–H groups in total. The van der Waals surface area contributed by atoms with E-state index in [1.165, 1.54) is 5.56 Å². The number of aromatic nitrogens is 2. The molecule has 1 heterocycles. The number of ether oxygens (including phenoxy) is 1. The predicted octanol–water partition coefficient (Wildman–Crippen LogP) is 2.05. The summed E-state index contributed by atoms with van der Waals surface area (Å²) in [5.74, 6) is 0.739. The second-order valence-corrected chi connectivity index (χ2v) is 5.36. The van der Waals surface area contributed by atoms with Crippen molar-refractivity contribution in [2.24, 2.45) is 0 Å². The van der Waals surface area contributed by atoms with Crippen molar-refractivity contribution < 1.29 is 10.1 Å². The molecule has 0 saturated heterocycles. The molecule has 0 unspecified atom stereocenters. The van der Waals surface area contributed by atoms with Crippen LogP contribution in [0.2, 0.25) is 0 Å². The van der Waals surface area contributed by atoms with Crippen LogP contribution in [0.1, 0.15) is 12.0 Å². The van der Waals surface area contributed by atoms with Gasteiger partial charge in [-0.3, -0.25) is 4.68 Å². The first-order chi connectivity index (χ1) is 10.9. The van der Waals surface area contributed by atoms with Crippen LogP contribution < -0.4 is 10.1 Å². The van der Waals surface area contributed by atoms with Crippen LogP contribution in [0.3, 0.4) is 0 Å². The molecule has 4 heteroatoms. The minimum Gasteiger partial charge on any atom is -0.476 e. The molecular weight excluding hydrogens is 274 g/mol. The number of para-hydroxylation sites is 1. The maximum absolute atomic E-state index is 5.89. The Balaban J connectivity index is 1.84. The first kappa shape index (κ1) is 14.6. The van der Waals surface area contributed by atoms with E-state index in [4.69, 9.17) is 4.74 Å². The zero-order valence-corrected chi connectivity index (χ0v) is 12.9. The fourth-order valence-corrected chi connectivity index (χ4v) is 2.54. The van der Waals surface area contributed by atoms with Gasteiger partial charge >= 0.3 is 0 Å². The van der Waals surface area contributed by atoms with Crippen LogP contribution in [0.4, 0.5) is 0 Å². The minimum absolute atomic E-state index is 0.705. The molecule has 3 aromatic rings. The second kappa shape index (κ2) is 7.09. The van der Waals surface area contributed by atoms with Crippen molar-refractivity contribution in [3.8, 4) is 5.88 Å². The van der Waals surface area contributed by atoms with E-state index in [1.54, 1.807) is 0 Å². The molecule has 114 valence electrons. The van der Waals surface area contributed by atoms with Crippen molar-refractivity contribution in [3.05, 3.63) is 60.2 Å². The Morgan fingerprint density at radius 3 is 2.64 bits per heavy atom. The molecule has 0 aliphatic heterocycles. The number of nitrogens with zero attached hydrogens (tertiary/aromatic N) is 2. The lowest BCUT2D eigenvalue weighted by Gasteiger charge is -2.03. The molecule has 0 aliphatic rings. The standard InChI is InChI=1S/C18H21N3O/c1-19-12-7-13-22-18-16-10-5-6-11-17(16)21(20-18)14-15-8-3-2-4-9-15/h2-6,8-11,19H,7,12-14H2,1H3/p+1. The molecule has 0 fully saturated rings. The molecule has 1 aromatic heterocycles. The summed E-state index contributed by atoms with van der Waals surface area (Å²) in [6.07, 6.45) is 1.02. The smallest absolute Gasteiger partial charge is 0.240 e. The summed E-state index contributed by atoms with van der Waals surface area (Å²) >= 11 is 0. The van der Waals surface area contributed by atoms with Crippen molar-refractivity contribution in [3.63, 3.8) is 0 Å². The molecule has 0 aliphatic carbocycles. The highest BCUT2D eigenvalue weighted by Crippen LogP contribution is 2.25. The van der Waals surface area contributed by atoms with Crippen LogP contribution in [-0.2, 0) is 6.54 Å². The van der Waals surface area contributed by atoms with E-state index in [-0.39, 0.29) is 0 Å². The van der Waals surface area contributed by atoms with Gasteiger partial charge in [0.25, 0.3) is 0 Å². The lowest BCUT2D eigenvalue weighted by Crippen LogP contribution is -2.79. The van der Waals surface area contributed by atoms with Crippen LogP contribution >= 0.6 is 0 Å². The molecule has 0 spiro atoms. The average molecular weight is 296 g/mol. The van der Waals surface area contributed by atoms with E-state index >= 15 is 0 Å². The Kier molecular flexibility index (Phi) is 4.71. The first-order valence-corrected chi connectivity index (χ1v) is 7.78. The monoisotopic (exact) mass is 296 g/mol. The number of rotatable bonds is 7. The van der Waals surface area contributed by atoms with Crippen molar-refractivity contribution in [1.82, 2.24) is 9.78 Å². The Bertz CT molecular complexity index is 722. The van der Waals surface area contributed by atoms with Crippen molar-refractivity contribution >= 4 is 10.9 Å². The summed E-state index contributed by atoms with van der Waals surface area (Å²) in [4.78, 5) is 0. The number of hydrogen-bond donors (Lipinski definition) is 1. The lowest BCUT2D eigenvalue weighted by atomic mass is 10.2. The lowest BCUT2D eigenvalue weighted by molar-refractivity contribution is -0.627. The molecule has 0 bridgehead atoms. The van der Waals surface area contributed by atoms with Gasteiger partial charge in [0.05, 0.1) is 37.6 Å². The topological polar surface area (TPSA) is 43.7 Å². The van der Waals surface area contributed by atoms with Gasteiger partial charge in [0.1, 0.15) is 0 Å². The van der Waals surface area contributed by atoms with Gasteiger partial charge < -0.3 is 10.1 Å². The van der Waals surface area contributed by atoms with Crippen LogP contribution in [0.5, 0.6) is 5.88 Å². The molecule has 2 aromatic carbocycles. The normalized spacial score (nSPS) is 11.0. The number of hydrogen-bond acceptors (Lipinski definition) is 2. The van der Waals surface area contributed by atoms with E-state index in [0.29, 0.717) is 6.61 Å². The first-order valence-electron chi connectivity index (χ1n) is 7.78. The SMILES string of the molecule is C[NH2+]CCCOc1nn(Cc2ccccc2)c2ccccc12. The number of benzene rings is 2. The van der Waals surface area contributed by atoms with Crippen LogP contribution in [0, 0.1) is 0 Å². The van der Waals surface area contributed by atoms with Crippen LogP contribution in [0.15, 0.2) is 54.6 Å².